The molecule has 0 unspecified atom stereocenters. The first-order valence-corrected chi connectivity index (χ1v) is 8.42. The van der Waals surface area contributed by atoms with Crippen LogP contribution in [0.5, 0.6) is 0 Å². The summed E-state index contributed by atoms with van der Waals surface area (Å²) in [5, 5.41) is 13.3. The van der Waals surface area contributed by atoms with Crippen LogP contribution in [0.25, 0.3) is 11.2 Å². The van der Waals surface area contributed by atoms with Gasteiger partial charge in [-0.25, -0.2) is 15.0 Å². The van der Waals surface area contributed by atoms with Crippen LogP contribution in [-0.4, -0.2) is 25.9 Å². The van der Waals surface area contributed by atoms with Crippen molar-refractivity contribution in [1.29, 1.82) is 0 Å². The number of anilines is 1. The zero-order valence-electron chi connectivity index (χ0n) is 14.7. The van der Waals surface area contributed by atoms with Gasteiger partial charge in [0.15, 0.2) is 11.5 Å². The van der Waals surface area contributed by atoms with Crippen molar-refractivity contribution in [2.24, 2.45) is 0 Å². The van der Waals surface area contributed by atoms with Gasteiger partial charge < -0.3 is 20.2 Å². The molecule has 3 rings (SSSR count). The number of nitrogens with zero attached hydrogens (tertiary/aromatic N) is 3. The third-order valence-electron chi connectivity index (χ3n) is 3.65. The van der Waals surface area contributed by atoms with Crippen molar-refractivity contribution in [3.05, 3.63) is 60.7 Å². The van der Waals surface area contributed by atoms with Crippen LogP contribution in [0.1, 0.15) is 31.7 Å². The van der Waals surface area contributed by atoms with Gasteiger partial charge in [0.1, 0.15) is 11.8 Å². The summed E-state index contributed by atoms with van der Waals surface area (Å²) >= 11 is 0. The summed E-state index contributed by atoms with van der Waals surface area (Å²) in [4.78, 5) is 25.4. The minimum atomic E-state index is -1.12. The van der Waals surface area contributed by atoms with Crippen LogP contribution in [0.4, 0.5) is 5.82 Å². The van der Waals surface area contributed by atoms with E-state index in [0.29, 0.717) is 12.1 Å². The Morgan fingerprint density at radius 1 is 1.23 bits per heavy atom. The van der Waals surface area contributed by atoms with Crippen molar-refractivity contribution in [3.8, 4) is 0 Å². The van der Waals surface area contributed by atoms with E-state index in [4.69, 9.17) is 0 Å². The monoisotopic (exact) mass is 352 g/mol. The van der Waals surface area contributed by atoms with E-state index < -0.39 is 5.97 Å². The van der Waals surface area contributed by atoms with Gasteiger partial charge in [-0.3, -0.25) is 0 Å². The molecule has 3 aromatic rings. The molecule has 0 saturated heterocycles. The number of H-pyrrole nitrogens is 1. The normalized spacial score (nSPS) is 10.0. The summed E-state index contributed by atoms with van der Waals surface area (Å²) in [5.74, 6) is -0.347. The molecule has 0 bridgehead atoms. The lowest BCUT2D eigenvalue weighted by Crippen LogP contribution is -2.23. The molecule has 0 spiro atoms. The predicted molar refractivity (Wildman–Crippen MR) is 99.1 cm³/mol. The van der Waals surface area contributed by atoms with Crippen LogP contribution >= 0.6 is 0 Å². The average molecular weight is 352 g/mol. The Bertz CT molecular complexity index is 845. The van der Waals surface area contributed by atoms with Gasteiger partial charge in [0, 0.05) is 6.54 Å². The maximum atomic E-state index is 9.99. The largest absolute Gasteiger partial charge is 0.545 e. The van der Waals surface area contributed by atoms with Crippen molar-refractivity contribution < 1.29 is 9.90 Å². The third-order valence-corrected chi connectivity index (χ3v) is 3.65. The van der Waals surface area contributed by atoms with E-state index in [-0.39, 0.29) is 5.57 Å². The van der Waals surface area contributed by atoms with E-state index in [2.05, 4.69) is 44.0 Å². The predicted octanol–water partition coefficient (Wildman–Crippen LogP) is 2.45. The summed E-state index contributed by atoms with van der Waals surface area (Å²) in [7, 11) is 0. The van der Waals surface area contributed by atoms with Gasteiger partial charge in [0.2, 0.25) is 0 Å². The highest BCUT2D eigenvalue weighted by Crippen LogP contribution is 2.15. The molecule has 136 valence electrons. The fourth-order valence-electron chi connectivity index (χ4n) is 2.17. The van der Waals surface area contributed by atoms with Crippen molar-refractivity contribution >= 4 is 23.0 Å². The van der Waals surface area contributed by atoms with E-state index >= 15 is 0 Å². The van der Waals surface area contributed by atoms with Gasteiger partial charge in [-0.15, -0.1) is 0 Å². The Hall–Kier alpha value is -3.22. The number of fused-ring (bicyclic) bond motifs is 1. The van der Waals surface area contributed by atoms with E-state index in [1.165, 1.54) is 11.9 Å². The molecular weight excluding hydrogens is 330 g/mol. The Balaban J connectivity index is 0.000000232. The van der Waals surface area contributed by atoms with Crippen molar-refractivity contribution in [1.82, 2.24) is 19.9 Å². The van der Waals surface area contributed by atoms with Gasteiger partial charge in [0.05, 0.1) is 12.3 Å². The van der Waals surface area contributed by atoms with E-state index in [1.54, 1.807) is 6.33 Å². The van der Waals surface area contributed by atoms with Crippen LogP contribution in [0.15, 0.2) is 55.1 Å². The maximum absolute atomic E-state index is 9.99. The number of carboxylic acid groups (broad SMARTS) is 1. The molecule has 0 radical (unpaired) electrons. The Morgan fingerprint density at radius 2 is 2.00 bits per heavy atom. The molecule has 0 fully saturated rings. The maximum Gasteiger partial charge on any atom is 0.182 e. The van der Waals surface area contributed by atoms with Gasteiger partial charge in [-0.05, 0) is 24.0 Å². The molecule has 2 N–H and O–H groups in total. The second-order valence-electron chi connectivity index (χ2n) is 5.66. The number of hydrogen-bond donors (Lipinski definition) is 2. The number of nitrogens with one attached hydrogen (secondary N) is 2. The Morgan fingerprint density at radius 3 is 2.69 bits per heavy atom. The van der Waals surface area contributed by atoms with Crippen LogP contribution in [-0.2, 0) is 11.3 Å². The molecule has 0 aliphatic heterocycles. The van der Waals surface area contributed by atoms with Crippen LogP contribution in [0.2, 0.25) is 0 Å². The molecule has 1 aromatic carbocycles. The zero-order chi connectivity index (χ0) is 18.8. The van der Waals surface area contributed by atoms with Crippen LogP contribution < -0.4 is 10.4 Å². The fourth-order valence-corrected chi connectivity index (χ4v) is 2.17. The van der Waals surface area contributed by atoms with Crippen molar-refractivity contribution in [3.63, 3.8) is 0 Å². The van der Waals surface area contributed by atoms with Gasteiger partial charge in [-0.1, -0.05) is 50.3 Å². The van der Waals surface area contributed by atoms with Gasteiger partial charge in [-0.2, -0.15) is 0 Å². The minimum absolute atomic E-state index is 0.205. The first kappa shape index (κ1) is 19.1. The summed E-state index contributed by atoms with van der Waals surface area (Å²) in [5.41, 5.74) is 2.93. The molecular formula is C19H22N5O2-. The summed E-state index contributed by atoms with van der Waals surface area (Å²) < 4.78 is 0. The highest BCUT2D eigenvalue weighted by Gasteiger charge is 2.04. The van der Waals surface area contributed by atoms with Crippen LogP contribution in [0, 0.1) is 0 Å². The number of carbonyl (C=O) groups excluding carboxylic acids is 1. The number of imidazole rings is 1. The number of aromatic nitrogens is 4. The number of hydrogen-bond acceptors (Lipinski definition) is 6. The summed E-state index contributed by atoms with van der Waals surface area (Å²) in [6.45, 7) is 6.06. The quantitative estimate of drug-likeness (QED) is 0.633. The minimum Gasteiger partial charge on any atom is -0.545 e. The van der Waals surface area contributed by atoms with Gasteiger partial charge in [0.25, 0.3) is 0 Å². The van der Waals surface area contributed by atoms with Crippen LogP contribution in [0.3, 0.4) is 0 Å². The van der Waals surface area contributed by atoms with E-state index in [0.717, 1.165) is 30.7 Å². The van der Waals surface area contributed by atoms with E-state index in [9.17, 15) is 9.90 Å². The fraction of sp³-hybridized carbons (Fsp3) is 0.263. The number of carboxylic acids is 1. The lowest BCUT2D eigenvalue weighted by Gasteiger charge is -2.05. The number of carbonyl (C=O) groups is 1. The highest BCUT2D eigenvalue weighted by molar-refractivity contribution is 5.83. The second kappa shape index (κ2) is 9.93. The summed E-state index contributed by atoms with van der Waals surface area (Å²) in [6, 6.07) is 10.2. The topological polar surface area (TPSA) is 107 Å². The SMILES string of the molecule is C=C(CCCC)C(=O)[O-].c1ccc(CNc2ncnc3nc[nH]c23)cc1. The smallest absolute Gasteiger partial charge is 0.182 e. The second-order valence-corrected chi connectivity index (χ2v) is 5.66. The molecule has 0 aliphatic carbocycles. The number of aromatic amines is 1. The lowest BCUT2D eigenvalue weighted by atomic mass is 10.1. The molecule has 2 heterocycles. The Kier molecular flexibility index (Phi) is 7.30. The molecule has 0 amide bonds. The molecule has 0 aliphatic rings. The molecule has 7 heteroatoms. The zero-order valence-corrected chi connectivity index (χ0v) is 14.7. The highest BCUT2D eigenvalue weighted by atomic mass is 16.4. The van der Waals surface area contributed by atoms with Gasteiger partial charge >= 0.3 is 0 Å². The third kappa shape index (κ3) is 5.70. The van der Waals surface area contributed by atoms with E-state index in [1.807, 2.05) is 25.1 Å². The molecule has 2 aromatic heterocycles. The van der Waals surface area contributed by atoms with Crippen molar-refractivity contribution in [2.45, 2.75) is 32.7 Å². The lowest BCUT2D eigenvalue weighted by molar-refractivity contribution is -0.299. The first-order chi connectivity index (χ1) is 12.6. The molecule has 26 heavy (non-hydrogen) atoms. The molecule has 7 nitrogen and oxygen atoms in total. The summed E-state index contributed by atoms with van der Waals surface area (Å²) in [6.07, 6.45) is 5.56. The molecule has 0 saturated carbocycles. The standard InChI is InChI=1S/C12H11N5.C7H12O2/c1-2-4-9(5-3-1)6-13-11-10-12(15-7-14-10)17-8-16-11;1-3-4-5-6(2)7(8)9/h1-5,7-8H,6H2,(H2,13,14,15,16,17);2-5H2,1H3,(H,8,9)/p-1. The number of aliphatic carboxylic acids is 1. The molecule has 0 atom stereocenters. The Labute approximate surface area is 152 Å². The number of unbranched alkanes of at least 4 members (excludes halogenated alkanes) is 1. The van der Waals surface area contributed by atoms with Crippen molar-refractivity contribution in [2.75, 3.05) is 5.32 Å². The number of rotatable bonds is 7. The average Bonchev–Trinajstić information content (AvgIpc) is 3.15. The first-order valence-electron chi connectivity index (χ1n) is 8.42. The number of benzene rings is 1.